The van der Waals surface area contributed by atoms with Gasteiger partial charge in [-0.3, -0.25) is 0 Å². The van der Waals surface area contributed by atoms with E-state index >= 15 is 0 Å². The summed E-state index contributed by atoms with van der Waals surface area (Å²) in [6.45, 7) is 8.99. The summed E-state index contributed by atoms with van der Waals surface area (Å²) in [5, 5.41) is 1.17. The van der Waals surface area contributed by atoms with Gasteiger partial charge in [0.25, 0.3) is 0 Å². The van der Waals surface area contributed by atoms with Crippen LogP contribution in [0, 0.1) is 6.92 Å². The molecule has 1 heterocycles. The minimum Gasteiger partial charge on any atom is -0.496 e. The summed E-state index contributed by atoms with van der Waals surface area (Å²) < 4.78 is 7.63. The van der Waals surface area contributed by atoms with Crippen molar-refractivity contribution in [1.82, 2.24) is 4.57 Å². The van der Waals surface area contributed by atoms with Crippen LogP contribution < -0.4 is 4.74 Å². The number of ether oxygens (including phenoxy) is 1. The number of allylic oxidation sites excluding steroid dienone is 1. The molecule has 0 atom stereocenters. The number of fused-ring (bicyclic) bond motifs is 1. The fourth-order valence-corrected chi connectivity index (χ4v) is 2.05. The lowest BCUT2D eigenvalue weighted by atomic mass is 10.2. The van der Waals surface area contributed by atoms with Crippen molar-refractivity contribution in [2.75, 3.05) is 7.11 Å². The van der Waals surface area contributed by atoms with Crippen LogP contribution in [-0.4, -0.2) is 11.7 Å². The lowest BCUT2D eigenvalue weighted by molar-refractivity contribution is 0.420. The van der Waals surface area contributed by atoms with Gasteiger partial charge in [-0.15, -0.1) is 0 Å². The molecule has 0 aliphatic rings. The van der Waals surface area contributed by atoms with Crippen molar-refractivity contribution >= 4 is 10.9 Å². The van der Waals surface area contributed by atoms with Gasteiger partial charge in [0.15, 0.2) is 0 Å². The summed E-state index contributed by atoms with van der Waals surface area (Å²) in [6, 6.07) is 8.30. The second-order valence-corrected chi connectivity index (χ2v) is 4.22. The fourth-order valence-electron chi connectivity index (χ4n) is 2.05. The number of rotatable bonds is 3. The standard InChI is InChI=1S/C14H17NO/c1-10(2)9-15-11(3)8-12-13(15)6-5-7-14(12)16-4/h5-8H,1,9H2,2-4H3. The summed E-state index contributed by atoms with van der Waals surface area (Å²) in [5.41, 5.74) is 3.60. The normalized spacial score (nSPS) is 10.7. The van der Waals surface area contributed by atoms with Crippen LogP contribution in [0.25, 0.3) is 10.9 Å². The number of methoxy groups -OCH3 is 1. The Balaban J connectivity index is 2.66. The van der Waals surface area contributed by atoms with Gasteiger partial charge >= 0.3 is 0 Å². The first-order valence-corrected chi connectivity index (χ1v) is 5.40. The first-order chi connectivity index (χ1) is 7.63. The molecule has 0 bridgehead atoms. The molecule has 0 aliphatic carbocycles. The van der Waals surface area contributed by atoms with Crippen LogP contribution >= 0.6 is 0 Å². The average molecular weight is 215 g/mol. The summed E-state index contributed by atoms with van der Waals surface area (Å²) in [5.74, 6) is 0.932. The molecular weight excluding hydrogens is 198 g/mol. The van der Waals surface area contributed by atoms with Crippen LogP contribution in [-0.2, 0) is 6.54 Å². The van der Waals surface area contributed by atoms with Gasteiger partial charge in [-0.25, -0.2) is 0 Å². The van der Waals surface area contributed by atoms with Crippen LogP contribution in [0.5, 0.6) is 5.75 Å². The zero-order chi connectivity index (χ0) is 11.7. The average Bonchev–Trinajstić information content (AvgIpc) is 2.55. The Morgan fingerprint density at radius 2 is 2.19 bits per heavy atom. The van der Waals surface area contributed by atoms with E-state index in [1.807, 2.05) is 19.1 Å². The number of aromatic nitrogens is 1. The highest BCUT2D eigenvalue weighted by atomic mass is 16.5. The van der Waals surface area contributed by atoms with Gasteiger partial charge in [-0.05, 0) is 32.0 Å². The smallest absolute Gasteiger partial charge is 0.128 e. The van der Waals surface area contributed by atoms with Crippen molar-refractivity contribution in [1.29, 1.82) is 0 Å². The molecule has 0 amide bonds. The van der Waals surface area contributed by atoms with Gasteiger partial charge < -0.3 is 9.30 Å². The number of nitrogens with zero attached hydrogens (tertiary/aromatic N) is 1. The molecular formula is C14H17NO. The third kappa shape index (κ3) is 1.71. The molecule has 16 heavy (non-hydrogen) atoms. The van der Waals surface area contributed by atoms with E-state index in [2.05, 4.69) is 30.2 Å². The highest BCUT2D eigenvalue weighted by Crippen LogP contribution is 2.28. The molecule has 0 saturated carbocycles. The number of aryl methyl sites for hydroxylation is 1. The Hall–Kier alpha value is -1.70. The number of hydrogen-bond donors (Lipinski definition) is 0. The first-order valence-electron chi connectivity index (χ1n) is 5.40. The molecule has 0 fully saturated rings. The van der Waals surface area contributed by atoms with E-state index in [4.69, 9.17) is 4.74 Å². The van der Waals surface area contributed by atoms with Gasteiger partial charge in [0.05, 0.1) is 12.6 Å². The van der Waals surface area contributed by atoms with Crippen LogP contribution in [0.3, 0.4) is 0 Å². The quantitative estimate of drug-likeness (QED) is 0.714. The maximum absolute atomic E-state index is 5.37. The molecule has 0 spiro atoms. The largest absolute Gasteiger partial charge is 0.496 e. The molecule has 0 aliphatic heterocycles. The molecule has 1 aromatic heterocycles. The lowest BCUT2D eigenvalue weighted by Gasteiger charge is -2.08. The van der Waals surface area contributed by atoms with E-state index in [-0.39, 0.29) is 0 Å². The van der Waals surface area contributed by atoms with Crippen LogP contribution in [0.4, 0.5) is 0 Å². The topological polar surface area (TPSA) is 14.2 Å². The summed E-state index contributed by atoms with van der Waals surface area (Å²) in [6.07, 6.45) is 0. The predicted octanol–water partition coefficient (Wildman–Crippen LogP) is 3.53. The monoisotopic (exact) mass is 215 g/mol. The Bertz CT molecular complexity index is 537. The number of hydrogen-bond acceptors (Lipinski definition) is 1. The zero-order valence-corrected chi connectivity index (χ0v) is 10.1. The van der Waals surface area contributed by atoms with Crippen molar-refractivity contribution in [2.24, 2.45) is 0 Å². The van der Waals surface area contributed by atoms with Crippen LogP contribution in [0.2, 0.25) is 0 Å². The minimum atomic E-state index is 0.864. The van der Waals surface area contributed by atoms with Gasteiger partial charge in [0.1, 0.15) is 5.75 Å². The van der Waals surface area contributed by atoms with Crippen molar-refractivity contribution < 1.29 is 4.74 Å². The predicted molar refractivity (Wildman–Crippen MR) is 68.0 cm³/mol. The third-order valence-electron chi connectivity index (χ3n) is 2.76. The highest BCUT2D eigenvalue weighted by Gasteiger charge is 2.08. The Morgan fingerprint density at radius 1 is 1.44 bits per heavy atom. The van der Waals surface area contributed by atoms with Gasteiger partial charge in [-0.1, -0.05) is 18.2 Å². The van der Waals surface area contributed by atoms with E-state index in [0.717, 1.165) is 17.9 Å². The maximum Gasteiger partial charge on any atom is 0.128 e. The zero-order valence-electron chi connectivity index (χ0n) is 10.1. The fraction of sp³-hybridized carbons (Fsp3) is 0.286. The second-order valence-electron chi connectivity index (χ2n) is 4.22. The molecule has 0 N–H and O–H groups in total. The molecule has 1 aromatic carbocycles. The van der Waals surface area contributed by atoms with Gasteiger partial charge in [0, 0.05) is 17.6 Å². The summed E-state index contributed by atoms with van der Waals surface area (Å²) in [7, 11) is 1.71. The van der Waals surface area contributed by atoms with E-state index in [1.54, 1.807) is 7.11 Å². The molecule has 0 radical (unpaired) electrons. The minimum absolute atomic E-state index is 0.864. The van der Waals surface area contributed by atoms with E-state index in [1.165, 1.54) is 16.6 Å². The van der Waals surface area contributed by atoms with Crippen molar-refractivity contribution in [2.45, 2.75) is 20.4 Å². The van der Waals surface area contributed by atoms with Crippen LogP contribution in [0.1, 0.15) is 12.6 Å². The van der Waals surface area contributed by atoms with Crippen molar-refractivity contribution in [3.8, 4) is 5.75 Å². The Morgan fingerprint density at radius 3 is 2.81 bits per heavy atom. The van der Waals surface area contributed by atoms with E-state index < -0.39 is 0 Å². The van der Waals surface area contributed by atoms with Crippen molar-refractivity contribution in [3.05, 3.63) is 42.1 Å². The molecule has 2 aromatic rings. The molecule has 84 valence electrons. The summed E-state index contributed by atoms with van der Waals surface area (Å²) >= 11 is 0. The highest BCUT2D eigenvalue weighted by molar-refractivity contribution is 5.87. The van der Waals surface area contributed by atoms with E-state index in [9.17, 15) is 0 Å². The third-order valence-corrected chi connectivity index (χ3v) is 2.76. The first kappa shape index (κ1) is 10.8. The maximum atomic E-state index is 5.37. The van der Waals surface area contributed by atoms with Crippen LogP contribution in [0.15, 0.2) is 36.4 Å². The SMILES string of the molecule is C=C(C)Cn1c(C)cc2c(OC)cccc21. The number of benzene rings is 1. The Kier molecular flexibility index (Phi) is 2.73. The van der Waals surface area contributed by atoms with Gasteiger partial charge in [0.2, 0.25) is 0 Å². The lowest BCUT2D eigenvalue weighted by Crippen LogP contribution is -2.00. The molecule has 0 unspecified atom stereocenters. The molecule has 2 rings (SSSR count). The Labute approximate surface area is 96.1 Å². The molecule has 2 nitrogen and oxygen atoms in total. The van der Waals surface area contributed by atoms with E-state index in [0.29, 0.717) is 0 Å². The molecule has 2 heteroatoms. The van der Waals surface area contributed by atoms with Gasteiger partial charge in [-0.2, -0.15) is 0 Å². The molecule has 0 saturated heterocycles. The second kappa shape index (κ2) is 4.05. The summed E-state index contributed by atoms with van der Waals surface area (Å²) in [4.78, 5) is 0. The van der Waals surface area contributed by atoms with Crippen molar-refractivity contribution in [3.63, 3.8) is 0 Å².